The van der Waals surface area contributed by atoms with Crippen molar-refractivity contribution in [1.29, 1.82) is 0 Å². The molecule has 0 radical (unpaired) electrons. The van der Waals surface area contributed by atoms with Crippen molar-refractivity contribution in [3.05, 3.63) is 0 Å². The minimum absolute atomic E-state index is 0.722. The van der Waals surface area contributed by atoms with Crippen LogP contribution in [0.5, 0.6) is 0 Å². The minimum atomic E-state index is -1.05. The fraction of sp³-hybridized carbons (Fsp3) is 0.600. The number of halogens is 3. The monoisotopic (exact) mass is 274 g/mol. The first-order chi connectivity index (χ1) is 5.36. The molecule has 1 aliphatic heterocycles. The van der Waals surface area contributed by atoms with E-state index in [2.05, 4.69) is 21.2 Å². The minimum Gasteiger partial charge on any atom is -0.316 e. The first-order valence-corrected chi connectivity index (χ1v) is 4.65. The first kappa shape index (κ1) is 10.1. The van der Waals surface area contributed by atoms with Gasteiger partial charge >= 0.3 is 11.8 Å². The van der Waals surface area contributed by atoms with Crippen molar-refractivity contribution in [2.75, 3.05) is 0 Å². The van der Waals surface area contributed by atoms with Crippen molar-refractivity contribution in [1.82, 2.24) is 10.2 Å². The smallest absolute Gasteiger partial charge is 0.316 e. The summed E-state index contributed by atoms with van der Waals surface area (Å²) >= 11 is 14.0. The van der Waals surface area contributed by atoms with Gasteiger partial charge in [0.2, 0.25) is 0 Å². The molecular weight excluding hydrogens is 271 g/mol. The maximum absolute atomic E-state index is 11.1. The second-order valence-electron chi connectivity index (χ2n) is 2.36. The predicted octanol–water partition coefficient (Wildman–Crippen LogP) is 0.775. The molecule has 0 aliphatic carbocycles. The third-order valence-electron chi connectivity index (χ3n) is 1.40. The van der Waals surface area contributed by atoms with Crippen molar-refractivity contribution in [2.24, 2.45) is 0 Å². The maximum atomic E-state index is 11.1. The molecule has 0 saturated carbocycles. The molecule has 1 fully saturated rings. The van der Waals surface area contributed by atoms with E-state index in [1.165, 1.54) is 0 Å². The molecule has 2 amide bonds. The van der Waals surface area contributed by atoms with Crippen molar-refractivity contribution in [3.63, 3.8) is 0 Å². The Morgan fingerprint density at radius 3 is 2.25 bits per heavy atom. The van der Waals surface area contributed by atoms with Gasteiger partial charge in [-0.15, -0.1) is 0 Å². The zero-order valence-corrected chi connectivity index (χ0v) is 9.07. The fourth-order valence-electron chi connectivity index (χ4n) is 0.893. The number of amides is 2. The number of alkyl halides is 3. The van der Waals surface area contributed by atoms with E-state index in [0.717, 1.165) is 4.90 Å². The standard InChI is InChI=1S/C5H5BrCl2N2O2/c1-5(6)9-2(11)3(12)10(5)4(7)8/h4H,1H3,(H,9,11). The van der Waals surface area contributed by atoms with E-state index in [-0.39, 0.29) is 0 Å². The predicted molar refractivity (Wildman–Crippen MR) is 47.8 cm³/mol. The van der Waals surface area contributed by atoms with Gasteiger partial charge in [-0.1, -0.05) is 23.2 Å². The highest BCUT2D eigenvalue weighted by Gasteiger charge is 2.47. The van der Waals surface area contributed by atoms with Crippen LogP contribution in [-0.2, 0) is 9.59 Å². The van der Waals surface area contributed by atoms with E-state index in [0.29, 0.717) is 0 Å². The number of carbonyl (C=O) groups is 2. The molecule has 1 N–H and O–H groups in total. The zero-order chi connectivity index (χ0) is 9.52. The van der Waals surface area contributed by atoms with E-state index in [9.17, 15) is 9.59 Å². The molecule has 1 aliphatic rings. The molecule has 0 aromatic carbocycles. The summed E-state index contributed by atoms with van der Waals surface area (Å²) in [5.74, 6) is -1.47. The quantitative estimate of drug-likeness (QED) is 0.437. The molecule has 1 atom stereocenters. The number of rotatable bonds is 1. The lowest BCUT2D eigenvalue weighted by molar-refractivity contribution is -0.140. The van der Waals surface area contributed by atoms with Crippen LogP contribution in [0.3, 0.4) is 0 Å². The SMILES string of the molecule is CC1(Br)NC(=O)C(=O)N1C(Cl)Cl. The van der Waals surface area contributed by atoms with Crippen LogP contribution in [0.1, 0.15) is 6.92 Å². The van der Waals surface area contributed by atoms with E-state index < -0.39 is 21.3 Å². The van der Waals surface area contributed by atoms with Crippen molar-refractivity contribution < 1.29 is 9.59 Å². The van der Waals surface area contributed by atoms with Crippen LogP contribution in [0.25, 0.3) is 0 Å². The number of carbonyl (C=O) groups excluding carboxylic acids is 2. The van der Waals surface area contributed by atoms with Crippen molar-refractivity contribution in [2.45, 2.75) is 16.5 Å². The van der Waals surface area contributed by atoms with Crippen LogP contribution in [0, 0.1) is 0 Å². The van der Waals surface area contributed by atoms with Crippen molar-refractivity contribution >= 4 is 50.9 Å². The molecule has 1 unspecified atom stereocenters. The molecule has 0 bridgehead atoms. The summed E-state index contributed by atoms with van der Waals surface area (Å²) in [4.78, 5) is 21.9. The molecular formula is C5H5BrCl2N2O2. The van der Waals surface area contributed by atoms with Gasteiger partial charge in [-0.2, -0.15) is 0 Å². The molecule has 0 aromatic heterocycles. The lowest BCUT2D eigenvalue weighted by Gasteiger charge is -2.28. The highest BCUT2D eigenvalue weighted by atomic mass is 79.9. The van der Waals surface area contributed by atoms with Crippen LogP contribution in [-0.4, -0.2) is 26.2 Å². The van der Waals surface area contributed by atoms with Gasteiger partial charge in [0.25, 0.3) is 0 Å². The summed E-state index contributed by atoms with van der Waals surface area (Å²) in [7, 11) is 0. The van der Waals surface area contributed by atoms with Crippen LogP contribution in [0.4, 0.5) is 0 Å². The lowest BCUT2D eigenvalue weighted by Crippen LogP contribution is -2.46. The largest absolute Gasteiger partial charge is 0.316 e. The van der Waals surface area contributed by atoms with Crippen molar-refractivity contribution in [3.8, 4) is 0 Å². The molecule has 0 spiro atoms. The Kier molecular flexibility index (Phi) is 2.56. The average Bonchev–Trinajstić information content (AvgIpc) is 2.01. The van der Waals surface area contributed by atoms with Gasteiger partial charge in [0.15, 0.2) is 9.53 Å². The van der Waals surface area contributed by atoms with Crippen LogP contribution in [0.15, 0.2) is 0 Å². The highest BCUT2D eigenvalue weighted by molar-refractivity contribution is 9.10. The van der Waals surface area contributed by atoms with E-state index in [4.69, 9.17) is 23.2 Å². The maximum Gasteiger partial charge on any atom is 0.316 e. The Bertz CT molecular complexity index is 244. The van der Waals surface area contributed by atoms with Crippen LogP contribution in [0.2, 0.25) is 0 Å². The summed E-state index contributed by atoms with van der Waals surface area (Å²) < 4.78 is -0.991. The molecule has 1 rings (SSSR count). The van der Waals surface area contributed by atoms with Gasteiger partial charge in [-0.25, -0.2) is 0 Å². The van der Waals surface area contributed by atoms with Crippen LogP contribution >= 0.6 is 39.1 Å². The van der Waals surface area contributed by atoms with Gasteiger partial charge in [0.1, 0.15) is 0 Å². The van der Waals surface area contributed by atoms with E-state index in [1.807, 2.05) is 0 Å². The van der Waals surface area contributed by atoms with E-state index >= 15 is 0 Å². The molecule has 12 heavy (non-hydrogen) atoms. The van der Waals surface area contributed by atoms with Gasteiger partial charge in [-0.05, 0) is 22.9 Å². The van der Waals surface area contributed by atoms with E-state index in [1.54, 1.807) is 6.92 Å². The molecule has 4 nitrogen and oxygen atoms in total. The summed E-state index contributed by atoms with van der Waals surface area (Å²) in [6.45, 7) is 1.56. The summed E-state index contributed by atoms with van der Waals surface area (Å²) in [5, 5.41) is 2.36. The topological polar surface area (TPSA) is 49.4 Å². The van der Waals surface area contributed by atoms with Gasteiger partial charge < -0.3 is 5.32 Å². The molecule has 0 aromatic rings. The summed E-state index contributed by atoms with van der Waals surface area (Å²) in [5.41, 5.74) is 0. The molecule has 7 heteroatoms. The molecule has 1 heterocycles. The Labute approximate surface area is 87.3 Å². The lowest BCUT2D eigenvalue weighted by atomic mass is 10.5. The fourth-order valence-corrected chi connectivity index (χ4v) is 2.24. The third kappa shape index (κ3) is 1.53. The molecule has 1 saturated heterocycles. The Hall–Kier alpha value is -0.000000000000000111. The van der Waals surface area contributed by atoms with Gasteiger partial charge in [0.05, 0.1) is 0 Å². The summed E-state index contributed by atoms with van der Waals surface area (Å²) in [6, 6.07) is 0. The number of hydrogen-bond acceptors (Lipinski definition) is 2. The third-order valence-corrected chi connectivity index (χ3v) is 2.37. The number of nitrogens with zero attached hydrogens (tertiary/aromatic N) is 1. The normalized spacial score (nSPS) is 29.9. The second-order valence-corrected chi connectivity index (χ2v) is 4.95. The summed E-state index contributed by atoms with van der Waals surface area (Å²) in [6.07, 6.45) is 0. The number of hydrogen-bond donors (Lipinski definition) is 1. The van der Waals surface area contributed by atoms with Crippen LogP contribution < -0.4 is 5.32 Å². The second kappa shape index (κ2) is 3.05. The molecule has 68 valence electrons. The van der Waals surface area contributed by atoms with Gasteiger partial charge in [0, 0.05) is 0 Å². The number of nitrogens with one attached hydrogen (secondary N) is 1. The average molecular weight is 276 g/mol. The zero-order valence-electron chi connectivity index (χ0n) is 5.97. The highest BCUT2D eigenvalue weighted by Crippen LogP contribution is 2.30. The Morgan fingerprint density at radius 2 is 2.08 bits per heavy atom. The Morgan fingerprint density at radius 1 is 1.58 bits per heavy atom. The Balaban J connectivity index is 2.97. The van der Waals surface area contributed by atoms with Gasteiger partial charge in [-0.3, -0.25) is 14.5 Å². The first-order valence-electron chi connectivity index (χ1n) is 2.99.